The van der Waals surface area contributed by atoms with E-state index in [1.165, 1.54) is 0 Å². The van der Waals surface area contributed by atoms with E-state index in [1.54, 1.807) is 29.0 Å². The Morgan fingerprint density at radius 3 is 3.04 bits per heavy atom. The van der Waals surface area contributed by atoms with Gasteiger partial charge in [0.25, 0.3) is 5.56 Å². The second-order valence-corrected chi connectivity index (χ2v) is 5.90. The number of fused-ring (bicyclic) bond motifs is 1. The number of carbonyl (C=O) groups is 1. The standard InChI is InChI=1S/C17H17ClN2O3/c1-2-20-7-3-4-14(17(20)22)19-16(21)12-8-11-9-13(18)5-6-15(11)23-10-12/h3-7,9,12H,2,8,10H2,1H3,(H,19,21). The van der Waals surface area contributed by atoms with Gasteiger partial charge in [-0.2, -0.15) is 0 Å². The Morgan fingerprint density at radius 1 is 1.43 bits per heavy atom. The van der Waals surface area contributed by atoms with E-state index in [0.717, 1.165) is 11.3 Å². The number of halogens is 1. The number of amides is 1. The molecular formula is C17H17ClN2O3. The number of aromatic nitrogens is 1. The monoisotopic (exact) mass is 332 g/mol. The SMILES string of the molecule is CCn1cccc(NC(=O)C2COc3ccc(Cl)cc3C2)c1=O. The van der Waals surface area contributed by atoms with Gasteiger partial charge >= 0.3 is 0 Å². The van der Waals surface area contributed by atoms with E-state index in [0.29, 0.717) is 18.0 Å². The topological polar surface area (TPSA) is 60.3 Å². The van der Waals surface area contributed by atoms with Gasteiger partial charge in [-0.25, -0.2) is 0 Å². The van der Waals surface area contributed by atoms with Crippen molar-refractivity contribution in [1.82, 2.24) is 4.57 Å². The minimum atomic E-state index is -0.351. The van der Waals surface area contributed by atoms with Crippen molar-refractivity contribution >= 4 is 23.2 Å². The van der Waals surface area contributed by atoms with Crippen molar-refractivity contribution in [2.24, 2.45) is 5.92 Å². The first kappa shape index (κ1) is 15.6. The summed E-state index contributed by atoms with van der Waals surface area (Å²) in [5.74, 6) is 0.184. The van der Waals surface area contributed by atoms with Crippen molar-refractivity contribution in [1.29, 1.82) is 0 Å². The molecule has 1 unspecified atom stereocenters. The number of aryl methyl sites for hydroxylation is 1. The van der Waals surface area contributed by atoms with Gasteiger partial charge in [0, 0.05) is 17.8 Å². The number of hydrogen-bond donors (Lipinski definition) is 1. The van der Waals surface area contributed by atoms with Crippen molar-refractivity contribution in [2.75, 3.05) is 11.9 Å². The van der Waals surface area contributed by atoms with Crippen LogP contribution in [0.2, 0.25) is 5.02 Å². The molecule has 2 heterocycles. The fraction of sp³-hybridized carbons (Fsp3) is 0.294. The van der Waals surface area contributed by atoms with Crippen LogP contribution in [0.3, 0.4) is 0 Å². The first-order chi connectivity index (χ1) is 11.1. The van der Waals surface area contributed by atoms with E-state index in [2.05, 4.69) is 5.32 Å². The van der Waals surface area contributed by atoms with Crippen LogP contribution in [0.1, 0.15) is 12.5 Å². The molecule has 120 valence electrons. The molecule has 1 N–H and O–H groups in total. The van der Waals surface area contributed by atoms with E-state index in [9.17, 15) is 9.59 Å². The first-order valence-electron chi connectivity index (χ1n) is 7.50. The van der Waals surface area contributed by atoms with Crippen LogP contribution in [0.4, 0.5) is 5.69 Å². The van der Waals surface area contributed by atoms with Gasteiger partial charge in [0.05, 0.1) is 5.92 Å². The van der Waals surface area contributed by atoms with Crippen LogP contribution in [0.5, 0.6) is 5.75 Å². The van der Waals surface area contributed by atoms with Crippen LogP contribution in [0.25, 0.3) is 0 Å². The van der Waals surface area contributed by atoms with Crippen LogP contribution >= 0.6 is 11.6 Å². The molecule has 1 atom stereocenters. The number of nitrogens with zero attached hydrogens (tertiary/aromatic N) is 1. The van der Waals surface area contributed by atoms with Crippen LogP contribution < -0.4 is 15.6 Å². The highest BCUT2D eigenvalue weighted by Gasteiger charge is 2.26. The van der Waals surface area contributed by atoms with E-state index in [-0.39, 0.29) is 29.7 Å². The molecule has 0 bridgehead atoms. The predicted octanol–water partition coefficient (Wildman–Crippen LogP) is 2.71. The smallest absolute Gasteiger partial charge is 0.274 e. The fourth-order valence-corrected chi connectivity index (χ4v) is 2.84. The summed E-state index contributed by atoms with van der Waals surface area (Å²) in [5.41, 5.74) is 0.989. The Morgan fingerprint density at radius 2 is 2.26 bits per heavy atom. The summed E-state index contributed by atoms with van der Waals surface area (Å²) in [4.78, 5) is 24.6. The number of pyridine rings is 1. The van der Waals surface area contributed by atoms with Crippen molar-refractivity contribution in [3.63, 3.8) is 0 Å². The molecule has 0 saturated heterocycles. The maximum absolute atomic E-state index is 12.4. The highest BCUT2D eigenvalue weighted by atomic mass is 35.5. The number of rotatable bonds is 3. The lowest BCUT2D eigenvalue weighted by Crippen LogP contribution is -2.34. The summed E-state index contributed by atoms with van der Waals surface area (Å²) in [6.07, 6.45) is 2.23. The molecule has 2 aromatic rings. The Kier molecular flexibility index (Phi) is 4.39. The van der Waals surface area contributed by atoms with Crippen LogP contribution in [0.15, 0.2) is 41.3 Å². The van der Waals surface area contributed by atoms with E-state index >= 15 is 0 Å². The summed E-state index contributed by atoms with van der Waals surface area (Å²) in [5, 5.41) is 3.33. The molecule has 6 heteroatoms. The molecule has 23 heavy (non-hydrogen) atoms. The summed E-state index contributed by atoms with van der Waals surface area (Å²) in [7, 11) is 0. The van der Waals surface area contributed by atoms with Crippen LogP contribution in [-0.2, 0) is 17.8 Å². The molecule has 1 aliphatic heterocycles. The summed E-state index contributed by atoms with van der Waals surface area (Å²) < 4.78 is 7.17. The first-order valence-corrected chi connectivity index (χ1v) is 7.88. The minimum absolute atomic E-state index is 0.205. The second-order valence-electron chi connectivity index (χ2n) is 5.47. The van der Waals surface area contributed by atoms with Gasteiger partial charge in [-0.05, 0) is 49.2 Å². The maximum Gasteiger partial charge on any atom is 0.274 e. The number of nitrogens with one attached hydrogen (secondary N) is 1. The maximum atomic E-state index is 12.4. The number of benzene rings is 1. The lowest BCUT2D eigenvalue weighted by atomic mass is 9.96. The summed E-state index contributed by atoms with van der Waals surface area (Å²) >= 11 is 5.99. The Balaban J connectivity index is 1.76. The van der Waals surface area contributed by atoms with Gasteiger partial charge in [-0.3, -0.25) is 9.59 Å². The molecule has 1 aromatic carbocycles. The molecule has 1 amide bonds. The Hall–Kier alpha value is -2.27. The van der Waals surface area contributed by atoms with Gasteiger partial charge in [0.15, 0.2) is 0 Å². The molecule has 0 fully saturated rings. The zero-order valence-electron chi connectivity index (χ0n) is 12.7. The van der Waals surface area contributed by atoms with Crippen molar-refractivity contribution in [3.05, 3.63) is 57.5 Å². The van der Waals surface area contributed by atoms with E-state index < -0.39 is 0 Å². The van der Waals surface area contributed by atoms with Gasteiger partial charge < -0.3 is 14.6 Å². The molecular weight excluding hydrogens is 316 g/mol. The average molecular weight is 333 g/mol. The van der Waals surface area contributed by atoms with Gasteiger partial charge in [0.2, 0.25) is 5.91 Å². The third-order valence-corrected chi connectivity index (χ3v) is 4.15. The minimum Gasteiger partial charge on any atom is -0.492 e. The summed E-state index contributed by atoms with van der Waals surface area (Å²) in [6, 6.07) is 8.73. The molecule has 5 nitrogen and oxygen atoms in total. The second kappa shape index (κ2) is 6.46. The van der Waals surface area contributed by atoms with Crippen molar-refractivity contribution in [2.45, 2.75) is 19.9 Å². The number of anilines is 1. The molecule has 0 radical (unpaired) electrons. The number of hydrogen-bond acceptors (Lipinski definition) is 3. The summed E-state index contributed by atoms with van der Waals surface area (Å²) in [6.45, 7) is 2.72. The van der Waals surface area contributed by atoms with E-state index in [1.807, 2.05) is 19.1 Å². The largest absolute Gasteiger partial charge is 0.492 e. The number of ether oxygens (including phenoxy) is 1. The Labute approximate surface area is 138 Å². The zero-order valence-corrected chi connectivity index (χ0v) is 13.5. The number of carbonyl (C=O) groups excluding carboxylic acids is 1. The fourth-order valence-electron chi connectivity index (χ4n) is 2.65. The molecule has 1 aromatic heterocycles. The predicted molar refractivity (Wildman–Crippen MR) is 89.1 cm³/mol. The van der Waals surface area contributed by atoms with Crippen LogP contribution in [-0.4, -0.2) is 17.1 Å². The van der Waals surface area contributed by atoms with Crippen molar-refractivity contribution in [3.8, 4) is 5.75 Å². The zero-order chi connectivity index (χ0) is 16.4. The lowest BCUT2D eigenvalue weighted by Gasteiger charge is -2.24. The quantitative estimate of drug-likeness (QED) is 0.940. The van der Waals surface area contributed by atoms with Gasteiger partial charge in [-0.15, -0.1) is 0 Å². The average Bonchev–Trinajstić information content (AvgIpc) is 2.56. The lowest BCUT2D eigenvalue weighted by molar-refractivity contribution is -0.121. The van der Waals surface area contributed by atoms with Crippen LogP contribution in [0, 0.1) is 5.92 Å². The van der Waals surface area contributed by atoms with Crippen molar-refractivity contribution < 1.29 is 9.53 Å². The molecule has 0 aliphatic carbocycles. The third kappa shape index (κ3) is 3.24. The highest BCUT2D eigenvalue weighted by Crippen LogP contribution is 2.30. The Bertz CT molecular complexity index is 801. The normalized spacial score (nSPS) is 16.3. The third-order valence-electron chi connectivity index (χ3n) is 3.92. The van der Waals surface area contributed by atoms with Gasteiger partial charge in [-0.1, -0.05) is 11.6 Å². The van der Waals surface area contributed by atoms with Gasteiger partial charge in [0.1, 0.15) is 18.0 Å². The molecule has 0 saturated carbocycles. The highest BCUT2D eigenvalue weighted by molar-refractivity contribution is 6.30. The molecule has 1 aliphatic rings. The van der Waals surface area contributed by atoms with E-state index in [4.69, 9.17) is 16.3 Å². The molecule has 0 spiro atoms. The molecule has 3 rings (SSSR count).